The van der Waals surface area contributed by atoms with Gasteiger partial charge in [-0.3, -0.25) is 0 Å². The van der Waals surface area contributed by atoms with Gasteiger partial charge in [-0.1, -0.05) is 12.1 Å². The van der Waals surface area contributed by atoms with Crippen molar-refractivity contribution in [1.29, 1.82) is 0 Å². The lowest BCUT2D eigenvalue weighted by atomic mass is 10.0. The molecule has 92 valence electrons. The summed E-state index contributed by atoms with van der Waals surface area (Å²) in [6, 6.07) is 5.12. The number of carboxylic acid groups (broad SMARTS) is 1. The van der Waals surface area contributed by atoms with Gasteiger partial charge in [0.25, 0.3) is 0 Å². The van der Waals surface area contributed by atoms with E-state index in [0.29, 0.717) is 0 Å². The maximum absolute atomic E-state index is 10.8. The van der Waals surface area contributed by atoms with Gasteiger partial charge in [0.1, 0.15) is 5.69 Å². The molecule has 0 saturated heterocycles. The largest absolute Gasteiger partial charge is 0.477 e. The van der Waals surface area contributed by atoms with Crippen LogP contribution >= 0.6 is 12.4 Å². The van der Waals surface area contributed by atoms with Crippen LogP contribution in [0.2, 0.25) is 0 Å². The van der Waals surface area contributed by atoms with Gasteiger partial charge in [-0.15, -0.1) is 12.4 Å². The molecule has 0 bridgehead atoms. The van der Waals surface area contributed by atoms with Crippen LogP contribution in [0.3, 0.4) is 0 Å². The second-order valence-electron chi connectivity index (χ2n) is 3.95. The van der Waals surface area contributed by atoms with Crippen LogP contribution in [0.15, 0.2) is 24.3 Å². The Hall–Kier alpha value is -1.39. The summed E-state index contributed by atoms with van der Waals surface area (Å²) in [6.45, 7) is 1.89. The molecule has 1 aromatic heterocycles. The summed E-state index contributed by atoms with van der Waals surface area (Å²) in [6.07, 6.45) is 3.03. The predicted octanol–water partition coefficient (Wildman–Crippen LogP) is 1.92. The number of nitrogens with zero attached hydrogens (tertiary/aromatic N) is 2. The van der Waals surface area contributed by atoms with E-state index < -0.39 is 5.97 Å². The highest BCUT2D eigenvalue weighted by atomic mass is 35.5. The summed E-state index contributed by atoms with van der Waals surface area (Å²) in [4.78, 5) is 17.1. The quantitative estimate of drug-likeness (QED) is 0.876. The van der Waals surface area contributed by atoms with Crippen LogP contribution in [0.1, 0.15) is 22.6 Å². The van der Waals surface area contributed by atoms with Gasteiger partial charge >= 0.3 is 5.97 Å². The molecule has 0 radical (unpaired) electrons. The number of hydrogen-bond donors (Lipinski definition) is 1. The first kappa shape index (κ1) is 13.7. The molecule has 17 heavy (non-hydrogen) atoms. The van der Waals surface area contributed by atoms with E-state index in [4.69, 9.17) is 5.11 Å². The Morgan fingerprint density at radius 3 is 2.82 bits per heavy atom. The summed E-state index contributed by atoms with van der Waals surface area (Å²) in [5.41, 5.74) is 2.03. The van der Waals surface area contributed by atoms with Crippen LogP contribution in [-0.2, 0) is 0 Å². The Kier molecular flexibility index (Phi) is 4.66. The Bertz CT molecular complexity index is 446. The molecule has 1 N–H and O–H groups in total. The number of carboxylic acids is 1. The van der Waals surface area contributed by atoms with Crippen LogP contribution < -0.4 is 0 Å². The van der Waals surface area contributed by atoms with Gasteiger partial charge in [-0.05, 0) is 31.2 Å². The number of aromatic nitrogens is 1. The first-order valence-corrected chi connectivity index (χ1v) is 5.25. The number of aromatic carboxylic acids is 1. The third kappa shape index (κ3) is 3.28. The van der Waals surface area contributed by atoms with Crippen molar-refractivity contribution in [2.45, 2.75) is 6.42 Å². The van der Waals surface area contributed by atoms with E-state index in [2.05, 4.69) is 23.0 Å². The van der Waals surface area contributed by atoms with E-state index in [1.54, 1.807) is 6.07 Å². The summed E-state index contributed by atoms with van der Waals surface area (Å²) >= 11 is 0. The van der Waals surface area contributed by atoms with Crippen molar-refractivity contribution in [3.05, 3.63) is 35.7 Å². The molecule has 0 fully saturated rings. The van der Waals surface area contributed by atoms with Crippen molar-refractivity contribution in [2.75, 3.05) is 20.1 Å². The van der Waals surface area contributed by atoms with Crippen molar-refractivity contribution in [1.82, 2.24) is 9.88 Å². The molecular formula is C12H15ClN2O2. The first-order valence-electron chi connectivity index (χ1n) is 5.25. The minimum atomic E-state index is -0.977. The average Bonchev–Trinajstić information content (AvgIpc) is 2.30. The van der Waals surface area contributed by atoms with Gasteiger partial charge in [0.05, 0.1) is 5.69 Å². The number of carbonyl (C=O) groups is 1. The van der Waals surface area contributed by atoms with E-state index >= 15 is 0 Å². The Morgan fingerprint density at radius 2 is 2.24 bits per heavy atom. The molecule has 0 atom stereocenters. The first-order chi connectivity index (χ1) is 7.66. The molecule has 0 aliphatic carbocycles. The van der Waals surface area contributed by atoms with Gasteiger partial charge < -0.3 is 10.0 Å². The van der Waals surface area contributed by atoms with E-state index in [0.717, 1.165) is 30.8 Å². The Balaban J connectivity index is 0.00000144. The summed E-state index contributed by atoms with van der Waals surface area (Å²) in [7, 11) is 2.06. The van der Waals surface area contributed by atoms with Crippen LogP contribution in [0.5, 0.6) is 0 Å². The monoisotopic (exact) mass is 254 g/mol. The van der Waals surface area contributed by atoms with E-state index in [-0.39, 0.29) is 18.1 Å². The minimum absolute atomic E-state index is 0. The van der Waals surface area contributed by atoms with Gasteiger partial charge in [0, 0.05) is 13.1 Å². The maximum Gasteiger partial charge on any atom is 0.354 e. The summed E-state index contributed by atoms with van der Waals surface area (Å²) in [5.74, 6) is -0.977. The molecule has 4 nitrogen and oxygen atoms in total. The number of halogens is 1. The van der Waals surface area contributed by atoms with Crippen molar-refractivity contribution in [2.24, 2.45) is 0 Å². The summed E-state index contributed by atoms with van der Waals surface area (Å²) < 4.78 is 0. The molecular weight excluding hydrogens is 240 g/mol. The molecule has 0 spiro atoms. The number of likely N-dealkylation sites (N-methyl/N-ethyl adjacent to an activating group) is 1. The zero-order valence-electron chi connectivity index (χ0n) is 9.59. The zero-order chi connectivity index (χ0) is 11.5. The van der Waals surface area contributed by atoms with Crippen LogP contribution in [0.25, 0.3) is 5.57 Å². The third-order valence-corrected chi connectivity index (χ3v) is 2.71. The topological polar surface area (TPSA) is 53.4 Å². The minimum Gasteiger partial charge on any atom is -0.477 e. The fourth-order valence-corrected chi connectivity index (χ4v) is 1.74. The zero-order valence-corrected chi connectivity index (χ0v) is 10.4. The smallest absolute Gasteiger partial charge is 0.354 e. The second kappa shape index (κ2) is 5.80. The summed E-state index contributed by atoms with van der Waals surface area (Å²) in [5, 5.41) is 8.86. The molecule has 0 aromatic carbocycles. The van der Waals surface area contributed by atoms with Crippen LogP contribution in [-0.4, -0.2) is 41.1 Å². The second-order valence-corrected chi connectivity index (χ2v) is 3.95. The van der Waals surface area contributed by atoms with Gasteiger partial charge in [0.2, 0.25) is 0 Å². The van der Waals surface area contributed by atoms with Gasteiger partial charge in [-0.2, -0.15) is 0 Å². The van der Waals surface area contributed by atoms with Gasteiger partial charge in [-0.25, -0.2) is 9.78 Å². The van der Waals surface area contributed by atoms with E-state index in [9.17, 15) is 4.79 Å². The predicted molar refractivity (Wildman–Crippen MR) is 68.5 cm³/mol. The highest BCUT2D eigenvalue weighted by molar-refractivity contribution is 5.86. The fraction of sp³-hybridized carbons (Fsp3) is 0.333. The lowest BCUT2D eigenvalue weighted by Crippen LogP contribution is -2.24. The lowest BCUT2D eigenvalue weighted by Gasteiger charge is -2.21. The maximum atomic E-state index is 10.8. The SMILES string of the molecule is CN1CC=C(c2cccc(C(=O)O)n2)CC1.Cl. The molecule has 1 aliphatic heterocycles. The normalized spacial score (nSPS) is 15.9. The standard InChI is InChI=1S/C12H14N2O2.ClH/c1-14-7-5-9(6-8-14)10-3-2-4-11(13-10)12(15)16;/h2-5H,6-8H2,1H3,(H,15,16);1H. The molecule has 5 heteroatoms. The highest BCUT2D eigenvalue weighted by Crippen LogP contribution is 2.20. The fourth-order valence-electron chi connectivity index (χ4n) is 1.74. The lowest BCUT2D eigenvalue weighted by molar-refractivity contribution is 0.0690. The number of hydrogen-bond acceptors (Lipinski definition) is 3. The molecule has 0 amide bonds. The van der Waals surface area contributed by atoms with Crippen molar-refractivity contribution in [3.8, 4) is 0 Å². The number of pyridine rings is 1. The van der Waals surface area contributed by atoms with Crippen molar-refractivity contribution in [3.63, 3.8) is 0 Å². The average molecular weight is 255 g/mol. The van der Waals surface area contributed by atoms with Crippen LogP contribution in [0.4, 0.5) is 0 Å². The third-order valence-electron chi connectivity index (χ3n) is 2.71. The molecule has 1 aromatic rings. The molecule has 2 rings (SSSR count). The molecule has 0 unspecified atom stereocenters. The van der Waals surface area contributed by atoms with Crippen molar-refractivity contribution < 1.29 is 9.90 Å². The van der Waals surface area contributed by atoms with Crippen molar-refractivity contribution >= 4 is 23.9 Å². The van der Waals surface area contributed by atoms with E-state index in [1.807, 2.05) is 6.07 Å². The molecule has 1 aliphatic rings. The van der Waals surface area contributed by atoms with Crippen LogP contribution in [0, 0.1) is 0 Å². The Labute approximate surface area is 106 Å². The molecule has 0 saturated carbocycles. The highest BCUT2D eigenvalue weighted by Gasteiger charge is 2.12. The Morgan fingerprint density at radius 1 is 1.47 bits per heavy atom. The van der Waals surface area contributed by atoms with Gasteiger partial charge in [0.15, 0.2) is 0 Å². The van der Waals surface area contributed by atoms with E-state index in [1.165, 1.54) is 6.07 Å². The molecule has 2 heterocycles. The number of rotatable bonds is 2.